The van der Waals surface area contributed by atoms with Crippen molar-refractivity contribution in [3.8, 4) is 11.5 Å². The van der Waals surface area contributed by atoms with Crippen LogP contribution in [0.2, 0.25) is 0 Å². The second-order valence-electron chi connectivity index (χ2n) is 3.67. The minimum absolute atomic E-state index is 0.279. The SMILES string of the molecule is O=C(O)Nc1cccc(Oc2ccc([N+](=O)[O-])nc2)c1. The lowest BCUT2D eigenvalue weighted by molar-refractivity contribution is -0.389. The molecule has 0 spiro atoms. The Morgan fingerprint density at radius 1 is 1.30 bits per heavy atom. The van der Waals surface area contributed by atoms with Crippen molar-refractivity contribution in [2.75, 3.05) is 5.32 Å². The topological polar surface area (TPSA) is 115 Å². The zero-order chi connectivity index (χ0) is 14.5. The molecule has 0 aliphatic carbocycles. The largest absolute Gasteiger partial charge is 0.465 e. The first-order valence-electron chi connectivity index (χ1n) is 5.43. The number of ether oxygens (including phenoxy) is 1. The molecule has 1 aromatic carbocycles. The standard InChI is InChI=1S/C12H9N3O5/c16-12(17)14-8-2-1-3-9(6-8)20-10-4-5-11(13-7-10)15(18)19/h1-7,14H,(H,16,17). The number of nitrogens with zero attached hydrogens (tertiary/aromatic N) is 2. The molecule has 1 aromatic heterocycles. The minimum atomic E-state index is -1.18. The van der Waals surface area contributed by atoms with E-state index in [4.69, 9.17) is 9.84 Å². The molecule has 0 saturated heterocycles. The van der Waals surface area contributed by atoms with Crippen LogP contribution >= 0.6 is 0 Å². The number of anilines is 1. The van der Waals surface area contributed by atoms with Gasteiger partial charge < -0.3 is 20.0 Å². The molecule has 2 rings (SSSR count). The predicted octanol–water partition coefficient (Wildman–Crippen LogP) is 2.87. The van der Waals surface area contributed by atoms with Crippen molar-refractivity contribution in [1.29, 1.82) is 0 Å². The van der Waals surface area contributed by atoms with E-state index in [1.165, 1.54) is 24.4 Å². The van der Waals surface area contributed by atoms with Crippen LogP contribution in [0.25, 0.3) is 0 Å². The molecule has 0 saturated carbocycles. The van der Waals surface area contributed by atoms with Crippen molar-refractivity contribution >= 4 is 17.6 Å². The number of pyridine rings is 1. The fourth-order valence-corrected chi connectivity index (χ4v) is 1.44. The Labute approximate surface area is 112 Å². The van der Waals surface area contributed by atoms with Crippen LogP contribution in [0.1, 0.15) is 0 Å². The molecule has 8 nitrogen and oxygen atoms in total. The Kier molecular flexibility index (Phi) is 3.75. The van der Waals surface area contributed by atoms with Gasteiger partial charge in [-0.25, -0.2) is 4.79 Å². The number of nitro groups is 1. The van der Waals surface area contributed by atoms with Gasteiger partial charge >= 0.3 is 11.9 Å². The summed E-state index contributed by atoms with van der Waals surface area (Å²) in [4.78, 5) is 24.0. The fraction of sp³-hybridized carbons (Fsp3) is 0. The Hall–Kier alpha value is -3.16. The molecular weight excluding hydrogens is 266 g/mol. The quantitative estimate of drug-likeness (QED) is 0.654. The van der Waals surface area contributed by atoms with Crippen LogP contribution in [0.3, 0.4) is 0 Å². The number of aromatic nitrogens is 1. The van der Waals surface area contributed by atoms with Gasteiger partial charge in [-0.2, -0.15) is 0 Å². The summed E-state index contributed by atoms with van der Waals surface area (Å²) >= 11 is 0. The van der Waals surface area contributed by atoms with Crippen molar-refractivity contribution in [3.63, 3.8) is 0 Å². The first-order chi connectivity index (χ1) is 9.54. The van der Waals surface area contributed by atoms with Crippen LogP contribution in [-0.2, 0) is 0 Å². The number of carboxylic acid groups (broad SMARTS) is 1. The number of nitrogens with one attached hydrogen (secondary N) is 1. The molecule has 0 aliphatic rings. The van der Waals surface area contributed by atoms with E-state index in [1.807, 2.05) is 0 Å². The lowest BCUT2D eigenvalue weighted by Gasteiger charge is -2.06. The van der Waals surface area contributed by atoms with Gasteiger partial charge in [-0.15, -0.1) is 0 Å². The molecule has 2 N–H and O–H groups in total. The molecule has 0 unspecified atom stereocenters. The first-order valence-corrected chi connectivity index (χ1v) is 5.43. The summed E-state index contributed by atoms with van der Waals surface area (Å²) in [5, 5.41) is 21.2. The van der Waals surface area contributed by atoms with E-state index in [0.29, 0.717) is 17.2 Å². The molecular formula is C12H9N3O5. The fourth-order valence-electron chi connectivity index (χ4n) is 1.44. The highest BCUT2D eigenvalue weighted by atomic mass is 16.6. The highest BCUT2D eigenvalue weighted by molar-refractivity contribution is 5.83. The average Bonchev–Trinajstić information content (AvgIpc) is 2.39. The summed E-state index contributed by atoms with van der Waals surface area (Å²) < 4.78 is 5.42. The zero-order valence-corrected chi connectivity index (χ0v) is 10.0. The summed E-state index contributed by atoms with van der Waals surface area (Å²) in [6.07, 6.45) is 0.0363. The lowest BCUT2D eigenvalue weighted by atomic mass is 10.3. The molecule has 1 heterocycles. The number of rotatable bonds is 4. The highest BCUT2D eigenvalue weighted by Gasteiger charge is 2.08. The summed E-state index contributed by atoms with van der Waals surface area (Å²) in [7, 11) is 0. The van der Waals surface area contributed by atoms with Crippen LogP contribution in [-0.4, -0.2) is 21.1 Å². The van der Waals surface area contributed by atoms with Gasteiger partial charge in [0.05, 0.1) is 0 Å². The van der Waals surface area contributed by atoms with E-state index in [0.717, 1.165) is 0 Å². The minimum Gasteiger partial charge on any atom is -0.465 e. The predicted molar refractivity (Wildman–Crippen MR) is 69.1 cm³/mol. The van der Waals surface area contributed by atoms with E-state index in [1.54, 1.807) is 18.2 Å². The molecule has 1 amide bonds. The maximum atomic E-state index is 10.5. The number of hydrogen-bond acceptors (Lipinski definition) is 5. The van der Waals surface area contributed by atoms with Gasteiger partial charge in [-0.3, -0.25) is 5.32 Å². The molecule has 2 aromatic rings. The Balaban J connectivity index is 2.13. The average molecular weight is 275 g/mol. The maximum Gasteiger partial charge on any atom is 0.409 e. The first kappa shape index (κ1) is 13.3. The van der Waals surface area contributed by atoms with Gasteiger partial charge in [-0.1, -0.05) is 6.07 Å². The van der Waals surface area contributed by atoms with Gasteiger partial charge in [0.15, 0.2) is 11.9 Å². The maximum absolute atomic E-state index is 10.5. The van der Waals surface area contributed by atoms with Crippen LogP contribution < -0.4 is 10.1 Å². The number of hydrogen-bond donors (Lipinski definition) is 2. The molecule has 0 atom stereocenters. The summed E-state index contributed by atoms with van der Waals surface area (Å²) in [6, 6.07) is 8.90. The smallest absolute Gasteiger partial charge is 0.409 e. The third kappa shape index (κ3) is 3.42. The number of amides is 1. The van der Waals surface area contributed by atoms with E-state index in [9.17, 15) is 14.9 Å². The van der Waals surface area contributed by atoms with Crippen molar-refractivity contribution in [1.82, 2.24) is 4.98 Å². The zero-order valence-electron chi connectivity index (χ0n) is 10.0. The summed E-state index contributed by atoms with van der Waals surface area (Å²) in [5.41, 5.74) is 0.352. The van der Waals surface area contributed by atoms with Crippen LogP contribution in [0.15, 0.2) is 42.6 Å². The normalized spacial score (nSPS) is 9.80. The summed E-state index contributed by atoms with van der Waals surface area (Å²) in [6.45, 7) is 0. The van der Waals surface area contributed by atoms with Gasteiger partial charge in [0.1, 0.15) is 5.75 Å². The van der Waals surface area contributed by atoms with Gasteiger partial charge in [-0.05, 0) is 28.1 Å². The Bertz CT molecular complexity index is 642. The van der Waals surface area contributed by atoms with E-state index >= 15 is 0 Å². The molecule has 102 valence electrons. The molecule has 20 heavy (non-hydrogen) atoms. The molecule has 0 radical (unpaired) electrons. The van der Waals surface area contributed by atoms with E-state index < -0.39 is 11.0 Å². The van der Waals surface area contributed by atoms with E-state index in [-0.39, 0.29) is 5.82 Å². The second-order valence-corrected chi connectivity index (χ2v) is 3.67. The number of benzene rings is 1. The van der Waals surface area contributed by atoms with Gasteiger partial charge in [0.2, 0.25) is 0 Å². The van der Waals surface area contributed by atoms with Crippen molar-refractivity contribution in [2.45, 2.75) is 0 Å². The molecule has 0 bridgehead atoms. The van der Waals surface area contributed by atoms with Crippen molar-refractivity contribution in [3.05, 3.63) is 52.7 Å². The van der Waals surface area contributed by atoms with E-state index in [2.05, 4.69) is 10.3 Å². The highest BCUT2D eigenvalue weighted by Crippen LogP contribution is 2.24. The van der Waals surface area contributed by atoms with Crippen molar-refractivity contribution in [2.24, 2.45) is 0 Å². The van der Waals surface area contributed by atoms with Crippen LogP contribution in [0.4, 0.5) is 16.3 Å². The van der Waals surface area contributed by atoms with Crippen molar-refractivity contribution < 1.29 is 19.6 Å². The monoisotopic (exact) mass is 275 g/mol. The molecule has 8 heteroatoms. The molecule has 0 aliphatic heterocycles. The second kappa shape index (κ2) is 5.65. The molecule has 0 fully saturated rings. The third-order valence-electron chi connectivity index (χ3n) is 2.23. The Morgan fingerprint density at radius 3 is 2.70 bits per heavy atom. The van der Waals surface area contributed by atoms with Crippen LogP contribution in [0, 0.1) is 10.1 Å². The lowest BCUT2D eigenvalue weighted by Crippen LogP contribution is -2.06. The van der Waals surface area contributed by atoms with Gasteiger partial charge in [0.25, 0.3) is 0 Å². The number of carbonyl (C=O) groups is 1. The summed E-state index contributed by atoms with van der Waals surface area (Å²) in [5.74, 6) is 0.411. The van der Waals surface area contributed by atoms with Gasteiger partial charge in [0, 0.05) is 17.8 Å². The van der Waals surface area contributed by atoms with Crippen LogP contribution in [0.5, 0.6) is 11.5 Å². The Morgan fingerprint density at radius 2 is 2.10 bits per heavy atom. The third-order valence-corrected chi connectivity index (χ3v) is 2.23.